The lowest BCUT2D eigenvalue weighted by Crippen LogP contribution is -2.36. The Hall–Kier alpha value is -2.04. The van der Waals surface area contributed by atoms with Gasteiger partial charge >= 0.3 is 0 Å². The van der Waals surface area contributed by atoms with Gasteiger partial charge in [0.15, 0.2) is 0 Å². The molecule has 0 saturated heterocycles. The molecular formula is C27H40O4. The van der Waals surface area contributed by atoms with Gasteiger partial charge < -0.3 is 19.7 Å². The summed E-state index contributed by atoms with van der Waals surface area (Å²) >= 11 is 0. The van der Waals surface area contributed by atoms with Crippen LogP contribution in [0.5, 0.6) is 5.75 Å². The molecule has 4 nitrogen and oxygen atoms in total. The number of hydrogen-bond donors (Lipinski definition) is 2. The maximum Gasteiger partial charge on any atom is 0.124 e. The summed E-state index contributed by atoms with van der Waals surface area (Å²) in [4.78, 5) is 0. The minimum Gasteiger partial charge on any atom is -0.508 e. The summed E-state index contributed by atoms with van der Waals surface area (Å²) in [7, 11) is 3.27. The molecule has 0 radical (unpaired) electrons. The number of phenols is 1. The van der Waals surface area contributed by atoms with Gasteiger partial charge in [0.2, 0.25) is 0 Å². The third kappa shape index (κ3) is 5.61. The van der Waals surface area contributed by atoms with Crippen molar-refractivity contribution in [3.63, 3.8) is 0 Å². The van der Waals surface area contributed by atoms with Crippen molar-refractivity contribution < 1.29 is 19.7 Å². The number of rotatable bonds is 8. The van der Waals surface area contributed by atoms with Crippen LogP contribution >= 0.6 is 0 Å². The molecule has 0 spiro atoms. The van der Waals surface area contributed by atoms with Crippen molar-refractivity contribution in [1.29, 1.82) is 0 Å². The maximum absolute atomic E-state index is 10.6. The van der Waals surface area contributed by atoms with Gasteiger partial charge in [-0.15, -0.1) is 0 Å². The summed E-state index contributed by atoms with van der Waals surface area (Å²) in [5, 5.41) is 21.2. The van der Waals surface area contributed by atoms with Crippen LogP contribution in [0.2, 0.25) is 0 Å². The van der Waals surface area contributed by atoms with Crippen LogP contribution in [0, 0.1) is 12.3 Å². The molecule has 1 fully saturated rings. The van der Waals surface area contributed by atoms with Gasteiger partial charge in [-0.05, 0) is 86.3 Å². The maximum atomic E-state index is 10.6. The van der Waals surface area contributed by atoms with E-state index in [0.29, 0.717) is 19.0 Å². The Morgan fingerprint density at radius 2 is 1.71 bits per heavy atom. The molecule has 1 saturated carbocycles. The van der Waals surface area contributed by atoms with Crippen molar-refractivity contribution in [3.05, 3.63) is 64.0 Å². The van der Waals surface area contributed by atoms with E-state index in [2.05, 4.69) is 32.6 Å². The van der Waals surface area contributed by atoms with E-state index in [0.717, 1.165) is 59.1 Å². The van der Waals surface area contributed by atoms with Crippen LogP contribution in [0.1, 0.15) is 70.1 Å². The molecule has 2 rings (SSSR count). The highest BCUT2D eigenvalue weighted by Crippen LogP contribution is 2.51. The van der Waals surface area contributed by atoms with Crippen molar-refractivity contribution in [3.8, 4) is 5.75 Å². The van der Waals surface area contributed by atoms with Crippen molar-refractivity contribution in [1.82, 2.24) is 0 Å². The molecule has 0 aliphatic heterocycles. The predicted octanol–water partition coefficient (Wildman–Crippen LogP) is 6.67. The lowest BCUT2D eigenvalue weighted by atomic mass is 9.59. The largest absolute Gasteiger partial charge is 0.508 e. The van der Waals surface area contributed by atoms with Crippen LogP contribution in [-0.2, 0) is 21.5 Å². The molecule has 2 N–H and O–H groups in total. The first-order chi connectivity index (χ1) is 14.5. The van der Waals surface area contributed by atoms with E-state index >= 15 is 0 Å². The van der Waals surface area contributed by atoms with E-state index in [1.165, 1.54) is 0 Å². The Morgan fingerprint density at radius 3 is 2.23 bits per heavy atom. The first-order valence-corrected chi connectivity index (χ1v) is 11.0. The van der Waals surface area contributed by atoms with E-state index in [1.807, 2.05) is 26.8 Å². The zero-order valence-electron chi connectivity index (χ0n) is 20.4. The quantitative estimate of drug-likeness (QED) is 0.359. The van der Waals surface area contributed by atoms with Crippen LogP contribution in [0.15, 0.2) is 47.3 Å². The summed E-state index contributed by atoms with van der Waals surface area (Å²) in [6, 6.07) is 4.16. The summed E-state index contributed by atoms with van der Waals surface area (Å²) < 4.78 is 10.7. The van der Waals surface area contributed by atoms with E-state index in [1.54, 1.807) is 14.2 Å². The monoisotopic (exact) mass is 428 g/mol. The zero-order valence-corrected chi connectivity index (χ0v) is 20.4. The summed E-state index contributed by atoms with van der Waals surface area (Å²) in [5.74, 6) is 0.552. The molecular weight excluding hydrogens is 388 g/mol. The van der Waals surface area contributed by atoms with E-state index in [9.17, 15) is 10.2 Å². The summed E-state index contributed by atoms with van der Waals surface area (Å²) in [6.07, 6.45) is 6.08. The number of ether oxygens (including phenoxy) is 2. The average Bonchev–Trinajstić information content (AvgIpc) is 2.70. The second-order valence-corrected chi connectivity index (χ2v) is 9.96. The van der Waals surface area contributed by atoms with Gasteiger partial charge in [-0.2, -0.15) is 0 Å². The molecule has 1 aliphatic carbocycles. The number of hydrogen-bond acceptors (Lipinski definition) is 4. The number of allylic oxidation sites excluding steroid dienone is 3. The van der Waals surface area contributed by atoms with Gasteiger partial charge in [0.1, 0.15) is 11.5 Å². The fourth-order valence-corrected chi connectivity index (χ4v) is 4.55. The van der Waals surface area contributed by atoms with E-state index in [-0.39, 0.29) is 16.6 Å². The minimum atomic E-state index is -0.266. The molecule has 0 aromatic heterocycles. The van der Waals surface area contributed by atoms with E-state index < -0.39 is 0 Å². The molecule has 31 heavy (non-hydrogen) atoms. The highest BCUT2D eigenvalue weighted by atomic mass is 16.5. The SMILES string of the molecule is C=C(/C=C(/COC)C(O)=C(C)C)C1(c2cc(C)c(O)c(COC)c2)CCC(C)(C)CC1. The molecule has 172 valence electrons. The Balaban J connectivity index is 2.64. The lowest BCUT2D eigenvalue weighted by molar-refractivity contribution is 0.178. The first kappa shape index (κ1) is 25.2. The number of aryl methyl sites for hydroxylation is 1. The second kappa shape index (κ2) is 10.1. The number of benzene rings is 1. The number of methoxy groups -OCH3 is 2. The van der Waals surface area contributed by atoms with E-state index in [4.69, 9.17) is 9.47 Å². The molecule has 0 amide bonds. The van der Waals surface area contributed by atoms with Gasteiger partial charge in [0.25, 0.3) is 0 Å². The average molecular weight is 429 g/mol. The number of aliphatic hydroxyl groups is 1. The molecule has 0 heterocycles. The Labute approximate surface area is 188 Å². The summed E-state index contributed by atoms with van der Waals surface area (Å²) in [5.41, 5.74) is 5.36. The molecule has 4 heteroatoms. The van der Waals surface area contributed by atoms with Crippen LogP contribution in [-0.4, -0.2) is 31.0 Å². The number of aliphatic hydroxyl groups excluding tert-OH is 1. The fraction of sp³-hybridized carbons (Fsp3) is 0.556. The van der Waals surface area contributed by atoms with Crippen molar-refractivity contribution in [2.24, 2.45) is 5.41 Å². The Bertz CT molecular complexity index is 859. The van der Waals surface area contributed by atoms with Crippen molar-refractivity contribution >= 4 is 0 Å². The molecule has 1 aliphatic rings. The standard InChI is InChI=1S/C27H40O4/c1-18(2)24(28)21(16-30-7)14-20(4)27(11-9-26(5,6)10-12-27)23-13-19(3)25(29)22(15-23)17-31-8/h13-15,28-29H,4,9-12,16-17H2,1-3,5-8H3/b21-14-. The highest BCUT2D eigenvalue weighted by molar-refractivity contribution is 5.51. The lowest BCUT2D eigenvalue weighted by Gasteiger charge is -2.45. The zero-order chi connectivity index (χ0) is 23.4. The van der Waals surface area contributed by atoms with Gasteiger partial charge in [-0.3, -0.25) is 0 Å². The van der Waals surface area contributed by atoms with Gasteiger partial charge in [-0.25, -0.2) is 0 Å². The molecule has 1 aromatic rings. The molecule has 0 bridgehead atoms. The minimum absolute atomic E-state index is 0.260. The van der Waals surface area contributed by atoms with Gasteiger partial charge in [-0.1, -0.05) is 26.5 Å². The number of phenolic OH excluding ortho intramolecular Hbond substituents is 1. The molecule has 0 atom stereocenters. The Kier molecular flexibility index (Phi) is 8.18. The van der Waals surface area contributed by atoms with Crippen LogP contribution in [0.4, 0.5) is 0 Å². The smallest absolute Gasteiger partial charge is 0.124 e. The second-order valence-electron chi connectivity index (χ2n) is 9.96. The van der Waals surface area contributed by atoms with Crippen molar-refractivity contribution in [2.75, 3.05) is 20.8 Å². The normalized spacial score (nSPS) is 18.0. The van der Waals surface area contributed by atoms with Crippen molar-refractivity contribution in [2.45, 2.75) is 72.3 Å². The predicted molar refractivity (Wildman–Crippen MR) is 128 cm³/mol. The van der Waals surface area contributed by atoms with Gasteiger partial charge in [0, 0.05) is 30.8 Å². The Morgan fingerprint density at radius 1 is 1.10 bits per heavy atom. The highest BCUT2D eigenvalue weighted by Gasteiger charge is 2.41. The van der Waals surface area contributed by atoms with Crippen LogP contribution < -0.4 is 0 Å². The molecule has 1 aromatic carbocycles. The van der Waals surface area contributed by atoms with Crippen LogP contribution in [0.25, 0.3) is 0 Å². The van der Waals surface area contributed by atoms with Crippen LogP contribution in [0.3, 0.4) is 0 Å². The number of aromatic hydroxyl groups is 1. The fourth-order valence-electron chi connectivity index (χ4n) is 4.55. The third-order valence-electron chi connectivity index (χ3n) is 6.73. The summed E-state index contributed by atoms with van der Waals surface area (Å²) in [6.45, 7) is 15.5. The first-order valence-electron chi connectivity index (χ1n) is 11.0. The third-order valence-corrected chi connectivity index (χ3v) is 6.73. The molecule has 0 unspecified atom stereocenters. The van der Waals surface area contributed by atoms with Gasteiger partial charge in [0.05, 0.1) is 13.2 Å². The topological polar surface area (TPSA) is 58.9 Å².